The van der Waals surface area contributed by atoms with Crippen LogP contribution in [0.15, 0.2) is 34.8 Å². The summed E-state index contributed by atoms with van der Waals surface area (Å²) in [6.45, 7) is 2.32. The molecule has 1 aliphatic carbocycles. The van der Waals surface area contributed by atoms with Gasteiger partial charge < -0.3 is 15.0 Å². The van der Waals surface area contributed by atoms with E-state index in [1.165, 1.54) is 12.1 Å². The number of nitrogens with zero attached hydrogens (tertiary/aromatic N) is 2. The molecule has 1 heterocycles. The molecule has 1 aliphatic heterocycles. The summed E-state index contributed by atoms with van der Waals surface area (Å²) in [4.78, 5) is 38.1. The van der Waals surface area contributed by atoms with Crippen molar-refractivity contribution < 1.29 is 19.2 Å². The summed E-state index contributed by atoms with van der Waals surface area (Å²) in [5, 5.41) is 14.1. The van der Waals surface area contributed by atoms with E-state index in [0.29, 0.717) is 40.9 Å². The Labute approximate surface area is 187 Å². The Balaban J connectivity index is 1.44. The monoisotopic (exact) mass is 487 g/mol. The number of non-ortho nitro benzene ring substituents is 1. The molecule has 0 bridgehead atoms. The number of halogens is 1. The molecule has 1 fully saturated rings. The number of carbonyl (C=O) groups excluding carboxylic acids is 2. The van der Waals surface area contributed by atoms with Gasteiger partial charge in [-0.05, 0) is 43.4 Å². The maximum absolute atomic E-state index is 12.9. The van der Waals surface area contributed by atoms with E-state index >= 15 is 0 Å². The molecule has 9 heteroatoms. The SMILES string of the molecule is COc1cc(NC(=O)[C@@H]2CC[C@@H](N3Cc4c(Br)cc([N+](=O)[O-])cc4C3=O)C2)ccc1C. The highest BCUT2D eigenvalue weighted by Crippen LogP contribution is 2.39. The molecule has 0 aromatic heterocycles. The van der Waals surface area contributed by atoms with E-state index in [0.717, 1.165) is 17.5 Å². The molecule has 2 aromatic carbocycles. The van der Waals surface area contributed by atoms with Crippen LogP contribution in [-0.2, 0) is 11.3 Å². The number of carbonyl (C=O) groups is 2. The zero-order valence-electron chi connectivity index (χ0n) is 17.2. The number of nitro benzene ring substituents is 1. The van der Waals surface area contributed by atoms with Gasteiger partial charge in [-0.15, -0.1) is 0 Å². The molecular formula is C22H22BrN3O5. The first-order valence-corrected chi connectivity index (χ1v) is 10.8. The molecule has 31 heavy (non-hydrogen) atoms. The second kappa shape index (κ2) is 8.30. The molecule has 0 saturated heterocycles. The lowest BCUT2D eigenvalue weighted by Gasteiger charge is -2.24. The first-order valence-electron chi connectivity index (χ1n) is 10.0. The van der Waals surface area contributed by atoms with Crippen molar-refractivity contribution in [1.82, 2.24) is 4.90 Å². The molecule has 1 saturated carbocycles. The Kier molecular flexibility index (Phi) is 5.70. The van der Waals surface area contributed by atoms with Crippen LogP contribution in [-0.4, -0.2) is 34.8 Å². The lowest BCUT2D eigenvalue weighted by Crippen LogP contribution is -2.34. The molecule has 1 N–H and O–H groups in total. The van der Waals surface area contributed by atoms with Crippen molar-refractivity contribution in [2.45, 2.75) is 38.8 Å². The number of nitro groups is 1. The number of benzene rings is 2. The molecule has 0 radical (unpaired) electrons. The van der Waals surface area contributed by atoms with Gasteiger partial charge in [-0.25, -0.2) is 0 Å². The lowest BCUT2D eigenvalue weighted by molar-refractivity contribution is -0.385. The number of methoxy groups -OCH3 is 1. The first-order chi connectivity index (χ1) is 14.8. The van der Waals surface area contributed by atoms with Crippen molar-refractivity contribution in [3.05, 3.63) is 61.6 Å². The highest BCUT2D eigenvalue weighted by atomic mass is 79.9. The Hall–Kier alpha value is -2.94. The summed E-state index contributed by atoms with van der Waals surface area (Å²) in [5.41, 5.74) is 2.67. The molecule has 8 nitrogen and oxygen atoms in total. The fourth-order valence-corrected chi connectivity index (χ4v) is 4.97. The second-order valence-electron chi connectivity index (χ2n) is 7.98. The van der Waals surface area contributed by atoms with Gasteiger partial charge in [0.25, 0.3) is 11.6 Å². The molecule has 0 spiro atoms. The summed E-state index contributed by atoms with van der Waals surface area (Å²) >= 11 is 3.36. The Morgan fingerprint density at radius 2 is 2.06 bits per heavy atom. The predicted octanol–water partition coefficient (Wildman–Crippen LogP) is 4.44. The molecule has 2 amide bonds. The normalized spacial score (nSPS) is 20.0. The second-order valence-corrected chi connectivity index (χ2v) is 8.84. The highest BCUT2D eigenvalue weighted by Gasteiger charge is 2.40. The smallest absolute Gasteiger partial charge is 0.271 e. The summed E-state index contributed by atoms with van der Waals surface area (Å²) in [5.74, 6) is 0.219. The zero-order valence-corrected chi connectivity index (χ0v) is 18.8. The van der Waals surface area contributed by atoms with Crippen molar-refractivity contribution >= 4 is 39.1 Å². The first kappa shape index (κ1) is 21.3. The van der Waals surface area contributed by atoms with Gasteiger partial charge in [0.15, 0.2) is 0 Å². The van der Waals surface area contributed by atoms with Crippen LogP contribution in [0.3, 0.4) is 0 Å². The van der Waals surface area contributed by atoms with Crippen molar-refractivity contribution in [1.29, 1.82) is 0 Å². The van der Waals surface area contributed by atoms with E-state index in [4.69, 9.17) is 4.74 Å². The molecular weight excluding hydrogens is 466 g/mol. The maximum Gasteiger partial charge on any atom is 0.271 e. The fourth-order valence-electron chi connectivity index (χ4n) is 4.39. The Morgan fingerprint density at radius 1 is 1.29 bits per heavy atom. The molecule has 2 aromatic rings. The van der Waals surface area contributed by atoms with Crippen molar-refractivity contribution in [2.75, 3.05) is 12.4 Å². The van der Waals surface area contributed by atoms with Gasteiger partial charge in [-0.2, -0.15) is 0 Å². The minimum Gasteiger partial charge on any atom is -0.496 e. The zero-order chi connectivity index (χ0) is 22.3. The Morgan fingerprint density at radius 3 is 2.77 bits per heavy atom. The molecule has 2 aliphatic rings. The molecule has 2 atom stereocenters. The van der Waals surface area contributed by atoms with Crippen LogP contribution in [0.5, 0.6) is 5.75 Å². The van der Waals surface area contributed by atoms with Gasteiger partial charge in [-0.1, -0.05) is 22.0 Å². The van der Waals surface area contributed by atoms with Crippen LogP contribution in [0.25, 0.3) is 0 Å². The third-order valence-electron chi connectivity index (χ3n) is 6.10. The number of nitrogens with one attached hydrogen (secondary N) is 1. The number of hydrogen-bond acceptors (Lipinski definition) is 5. The maximum atomic E-state index is 12.9. The van der Waals surface area contributed by atoms with Crippen molar-refractivity contribution in [3.63, 3.8) is 0 Å². The number of hydrogen-bond donors (Lipinski definition) is 1. The van der Waals surface area contributed by atoms with Crippen LogP contribution in [0.4, 0.5) is 11.4 Å². The molecule has 4 rings (SSSR count). The standard InChI is InChI=1S/C22H22BrN3O5/c1-12-3-5-14(8-20(12)31-2)24-21(27)13-4-6-15(7-13)25-11-18-17(22(25)28)9-16(26(29)30)10-19(18)23/h3,5,8-10,13,15H,4,6-7,11H2,1-2H3,(H,24,27)/t13-,15-/m1/s1. The van der Waals surface area contributed by atoms with E-state index in [-0.39, 0.29) is 29.5 Å². The topological polar surface area (TPSA) is 102 Å². The highest BCUT2D eigenvalue weighted by molar-refractivity contribution is 9.10. The van der Waals surface area contributed by atoms with Gasteiger partial charge in [0.1, 0.15) is 5.75 Å². The van der Waals surface area contributed by atoms with E-state index in [1.54, 1.807) is 18.1 Å². The van der Waals surface area contributed by atoms with E-state index in [1.807, 2.05) is 19.1 Å². The van der Waals surface area contributed by atoms with E-state index < -0.39 is 4.92 Å². The molecule has 0 unspecified atom stereocenters. The third-order valence-corrected chi connectivity index (χ3v) is 6.81. The van der Waals surface area contributed by atoms with Crippen LogP contribution < -0.4 is 10.1 Å². The van der Waals surface area contributed by atoms with Gasteiger partial charge in [-0.3, -0.25) is 19.7 Å². The quantitative estimate of drug-likeness (QED) is 0.496. The number of anilines is 1. The number of aryl methyl sites for hydroxylation is 1. The van der Waals surface area contributed by atoms with E-state index in [2.05, 4.69) is 21.2 Å². The number of fused-ring (bicyclic) bond motifs is 1. The fraction of sp³-hybridized carbons (Fsp3) is 0.364. The summed E-state index contributed by atoms with van der Waals surface area (Å²) in [6, 6.07) is 8.22. The van der Waals surface area contributed by atoms with Gasteiger partial charge >= 0.3 is 0 Å². The van der Waals surface area contributed by atoms with Gasteiger partial charge in [0.2, 0.25) is 5.91 Å². The van der Waals surface area contributed by atoms with Crippen LogP contribution >= 0.6 is 15.9 Å². The number of amides is 2. The van der Waals surface area contributed by atoms with Gasteiger partial charge in [0, 0.05) is 46.9 Å². The van der Waals surface area contributed by atoms with Crippen molar-refractivity contribution in [3.8, 4) is 5.75 Å². The largest absolute Gasteiger partial charge is 0.496 e. The van der Waals surface area contributed by atoms with Gasteiger partial charge in [0.05, 0.1) is 17.6 Å². The predicted molar refractivity (Wildman–Crippen MR) is 118 cm³/mol. The average molecular weight is 488 g/mol. The average Bonchev–Trinajstić information content (AvgIpc) is 3.35. The van der Waals surface area contributed by atoms with Crippen LogP contribution in [0.2, 0.25) is 0 Å². The Bertz CT molecular complexity index is 1090. The summed E-state index contributed by atoms with van der Waals surface area (Å²) in [7, 11) is 1.59. The van der Waals surface area contributed by atoms with Crippen LogP contribution in [0.1, 0.15) is 40.7 Å². The summed E-state index contributed by atoms with van der Waals surface area (Å²) < 4.78 is 5.87. The minimum absolute atomic E-state index is 0.0746. The van der Waals surface area contributed by atoms with Crippen LogP contribution in [0, 0.1) is 23.0 Å². The number of ether oxygens (including phenoxy) is 1. The van der Waals surface area contributed by atoms with Crippen molar-refractivity contribution in [2.24, 2.45) is 5.92 Å². The summed E-state index contributed by atoms with van der Waals surface area (Å²) in [6.07, 6.45) is 1.96. The minimum atomic E-state index is -0.503. The lowest BCUT2D eigenvalue weighted by atomic mass is 10.1. The van der Waals surface area contributed by atoms with E-state index in [9.17, 15) is 19.7 Å². The number of rotatable bonds is 5. The molecule has 162 valence electrons. The third kappa shape index (κ3) is 4.01.